The van der Waals surface area contributed by atoms with Crippen LogP contribution < -0.4 is 0 Å². The largest absolute Gasteiger partial charge is 0.389 e. The summed E-state index contributed by atoms with van der Waals surface area (Å²) in [7, 11) is 0. The molecule has 88 valence electrons. The highest BCUT2D eigenvalue weighted by atomic mass is 19.4. The topological polar surface area (TPSA) is 17.1 Å². The third kappa shape index (κ3) is 5.19. The number of alkyl halides is 3. The van der Waals surface area contributed by atoms with E-state index in [4.69, 9.17) is 0 Å². The van der Waals surface area contributed by atoms with Crippen LogP contribution in [0.5, 0.6) is 0 Å². The maximum atomic E-state index is 11.9. The Morgan fingerprint density at radius 3 is 2.07 bits per heavy atom. The summed E-state index contributed by atoms with van der Waals surface area (Å²) in [5.41, 5.74) is 0. The van der Waals surface area contributed by atoms with Crippen molar-refractivity contribution in [1.29, 1.82) is 0 Å². The van der Waals surface area contributed by atoms with E-state index in [1.807, 2.05) is 0 Å². The molecule has 1 saturated carbocycles. The third-order valence-corrected chi connectivity index (χ3v) is 2.97. The Hall–Kier alpha value is -0.540. The van der Waals surface area contributed by atoms with Crippen LogP contribution in [0.3, 0.4) is 0 Å². The van der Waals surface area contributed by atoms with E-state index in [0.29, 0.717) is 0 Å². The lowest BCUT2D eigenvalue weighted by atomic mass is 9.93. The molecule has 0 bridgehead atoms. The van der Waals surface area contributed by atoms with E-state index >= 15 is 0 Å². The summed E-state index contributed by atoms with van der Waals surface area (Å²) in [6.07, 6.45) is 0.307. The van der Waals surface area contributed by atoms with Crippen LogP contribution in [0.4, 0.5) is 13.2 Å². The zero-order valence-corrected chi connectivity index (χ0v) is 8.78. The van der Waals surface area contributed by atoms with Crippen molar-refractivity contribution in [2.75, 3.05) is 0 Å². The third-order valence-electron chi connectivity index (χ3n) is 2.97. The maximum Gasteiger partial charge on any atom is 0.389 e. The van der Waals surface area contributed by atoms with Gasteiger partial charge in [0.1, 0.15) is 5.78 Å². The van der Waals surface area contributed by atoms with Crippen molar-refractivity contribution in [3.05, 3.63) is 0 Å². The fourth-order valence-electron chi connectivity index (χ4n) is 2.07. The first-order valence-corrected chi connectivity index (χ1v) is 5.58. The molecule has 1 aliphatic rings. The molecular formula is C11H17F3O. The van der Waals surface area contributed by atoms with Crippen LogP contribution in [0.15, 0.2) is 0 Å². The van der Waals surface area contributed by atoms with Crippen molar-refractivity contribution in [2.24, 2.45) is 5.92 Å². The van der Waals surface area contributed by atoms with Crippen molar-refractivity contribution in [3.8, 4) is 0 Å². The quantitative estimate of drug-likeness (QED) is 0.662. The molecule has 1 fully saturated rings. The molecule has 0 aliphatic heterocycles. The van der Waals surface area contributed by atoms with Crippen LogP contribution in [-0.2, 0) is 4.79 Å². The van der Waals surface area contributed by atoms with Gasteiger partial charge in [-0.1, -0.05) is 25.7 Å². The maximum absolute atomic E-state index is 11.9. The molecule has 4 heteroatoms. The van der Waals surface area contributed by atoms with Crippen LogP contribution in [0, 0.1) is 5.92 Å². The Bertz CT molecular complexity index is 202. The lowest BCUT2D eigenvalue weighted by Gasteiger charge is -2.13. The fourth-order valence-corrected chi connectivity index (χ4v) is 2.07. The van der Waals surface area contributed by atoms with Crippen molar-refractivity contribution in [1.82, 2.24) is 0 Å². The Morgan fingerprint density at radius 2 is 1.60 bits per heavy atom. The molecule has 0 aromatic rings. The summed E-state index contributed by atoms with van der Waals surface area (Å²) in [4.78, 5) is 11.5. The number of hydrogen-bond acceptors (Lipinski definition) is 1. The van der Waals surface area contributed by atoms with Crippen LogP contribution in [-0.4, -0.2) is 12.0 Å². The molecule has 0 spiro atoms. The highest BCUT2D eigenvalue weighted by Crippen LogP contribution is 2.27. The number of Topliss-reactive ketones (excluding diaryl/α,β-unsaturated/α-hetero) is 1. The van der Waals surface area contributed by atoms with Crippen molar-refractivity contribution in [3.63, 3.8) is 0 Å². The normalized spacial score (nSPS) is 19.9. The lowest BCUT2D eigenvalue weighted by Crippen LogP contribution is -2.17. The molecule has 0 aromatic carbocycles. The minimum atomic E-state index is -4.19. The summed E-state index contributed by atoms with van der Waals surface area (Å²) < 4.78 is 35.7. The first-order chi connectivity index (χ1) is 6.99. The zero-order valence-electron chi connectivity index (χ0n) is 8.78. The molecule has 15 heavy (non-hydrogen) atoms. The molecule has 1 aliphatic carbocycles. The van der Waals surface area contributed by atoms with Gasteiger partial charge in [0, 0.05) is 12.3 Å². The first-order valence-electron chi connectivity index (χ1n) is 5.58. The second kappa shape index (κ2) is 5.52. The smallest absolute Gasteiger partial charge is 0.299 e. The number of rotatable bonds is 3. The summed E-state index contributed by atoms with van der Waals surface area (Å²) in [5.74, 6) is -0.288. The fraction of sp³-hybridized carbons (Fsp3) is 0.909. The minimum absolute atomic E-state index is 0.102. The predicted molar refractivity (Wildman–Crippen MR) is 51.5 cm³/mol. The number of hydrogen-bond donors (Lipinski definition) is 0. The van der Waals surface area contributed by atoms with Gasteiger partial charge >= 0.3 is 6.18 Å². The zero-order chi connectivity index (χ0) is 11.3. The Morgan fingerprint density at radius 1 is 1.07 bits per heavy atom. The summed E-state index contributed by atoms with van der Waals surface area (Å²) >= 11 is 0. The summed E-state index contributed by atoms with van der Waals surface area (Å²) in [5, 5.41) is 0. The molecule has 0 atom stereocenters. The van der Waals surface area contributed by atoms with Gasteiger partial charge in [0.25, 0.3) is 0 Å². The first kappa shape index (κ1) is 12.5. The Labute approximate surface area is 88.0 Å². The van der Waals surface area contributed by atoms with E-state index in [0.717, 1.165) is 38.5 Å². The van der Waals surface area contributed by atoms with Gasteiger partial charge in [-0.15, -0.1) is 0 Å². The predicted octanol–water partition coefficient (Wildman–Crippen LogP) is 3.87. The van der Waals surface area contributed by atoms with Gasteiger partial charge in [-0.3, -0.25) is 4.79 Å². The monoisotopic (exact) mass is 222 g/mol. The molecule has 0 heterocycles. The Balaban J connectivity index is 2.32. The average Bonchev–Trinajstić information content (AvgIpc) is 2.41. The van der Waals surface area contributed by atoms with Gasteiger partial charge in [0.2, 0.25) is 0 Å². The Kier molecular flexibility index (Phi) is 4.61. The van der Waals surface area contributed by atoms with Gasteiger partial charge in [-0.25, -0.2) is 0 Å². The standard InChI is InChI=1S/C11H17F3O/c12-11(13,14)8-7-10(15)9-5-3-1-2-4-6-9/h9H,1-8H2. The second-order valence-electron chi connectivity index (χ2n) is 4.27. The number of ketones is 1. The van der Waals surface area contributed by atoms with E-state index in [9.17, 15) is 18.0 Å². The SMILES string of the molecule is O=C(CCC(F)(F)F)C1CCCCCC1. The van der Waals surface area contributed by atoms with Crippen LogP contribution in [0.25, 0.3) is 0 Å². The lowest BCUT2D eigenvalue weighted by molar-refractivity contribution is -0.145. The van der Waals surface area contributed by atoms with Gasteiger partial charge in [0.05, 0.1) is 6.42 Å². The van der Waals surface area contributed by atoms with Crippen LogP contribution >= 0.6 is 0 Å². The molecule has 0 aromatic heterocycles. The molecule has 0 unspecified atom stereocenters. The van der Waals surface area contributed by atoms with Gasteiger partial charge < -0.3 is 0 Å². The van der Waals surface area contributed by atoms with E-state index in [2.05, 4.69) is 0 Å². The van der Waals surface area contributed by atoms with Crippen molar-refractivity contribution >= 4 is 5.78 Å². The second-order valence-corrected chi connectivity index (χ2v) is 4.27. The van der Waals surface area contributed by atoms with Crippen LogP contribution in [0.1, 0.15) is 51.4 Å². The molecule has 0 saturated heterocycles. The van der Waals surface area contributed by atoms with Crippen molar-refractivity contribution in [2.45, 2.75) is 57.5 Å². The number of halogens is 3. The highest BCUT2D eigenvalue weighted by Gasteiger charge is 2.29. The average molecular weight is 222 g/mol. The number of carbonyl (C=O) groups is 1. The summed E-state index contributed by atoms with van der Waals surface area (Å²) in [6, 6.07) is 0. The molecule has 1 nitrogen and oxygen atoms in total. The van der Waals surface area contributed by atoms with Crippen LogP contribution in [0.2, 0.25) is 0 Å². The van der Waals surface area contributed by atoms with E-state index in [1.165, 1.54) is 0 Å². The molecule has 0 amide bonds. The van der Waals surface area contributed by atoms with Gasteiger partial charge in [-0.05, 0) is 12.8 Å². The highest BCUT2D eigenvalue weighted by molar-refractivity contribution is 5.81. The number of carbonyl (C=O) groups excluding carboxylic acids is 1. The van der Waals surface area contributed by atoms with Gasteiger partial charge in [0.15, 0.2) is 0 Å². The molecular weight excluding hydrogens is 205 g/mol. The summed E-state index contributed by atoms with van der Waals surface area (Å²) in [6.45, 7) is 0. The molecule has 0 radical (unpaired) electrons. The molecule has 0 N–H and O–H groups in total. The minimum Gasteiger partial charge on any atom is -0.299 e. The van der Waals surface area contributed by atoms with E-state index in [-0.39, 0.29) is 18.1 Å². The van der Waals surface area contributed by atoms with Crippen molar-refractivity contribution < 1.29 is 18.0 Å². The van der Waals surface area contributed by atoms with E-state index in [1.54, 1.807) is 0 Å². The van der Waals surface area contributed by atoms with E-state index < -0.39 is 12.6 Å². The molecule has 1 rings (SSSR count). The van der Waals surface area contributed by atoms with Gasteiger partial charge in [-0.2, -0.15) is 13.2 Å².